The maximum atomic E-state index is 12.7. The van der Waals surface area contributed by atoms with Crippen LogP contribution in [0.3, 0.4) is 0 Å². The minimum absolute atomic E-state index is 0.0575. The first-order valence-electron chi connectivity index (χ1n) is 8.58. The molecule has 2 unspecified atom stereocenters. The van der Waals surface area contributed by atoms with Crippen molar-refractivity contribution >= 4 is 5.91 Å². The van der Waals surface area contributed by atoms with Gasteiger partial charge in [-0.25, -0.2) is 0 Å². The van der Waals surface area contributed by atoms with Gasteiger partial charge >= 0.3 is 0 Å². The van der Waals surface area contributed by atoms with E-state index in [9.17, 15) is 9.90 Å². The Morgan fingerprint density at radius 3 is 2.73 bits per heavy atom. The molecule has 1 fully saturated rings. The summed E-state index contributed by atoms with van der Waals surface area (Å²) < 4.78 is 1.88. The number of rotatable bonds is 6. The Morgan fingerprint density at radius 1 is 1.41 bits per heavy atom. The van der Waals surface area contributed by atoms with Gasteiger partial charge < -0.3 is 10.4 Å². The second kappa shape index (κ2) is 7.77. The summed E-state index contributed by atoms with van der Waals surface area (Å²) in [5.74, 6) is 0.126. The van der Waals surface area contributed by atoms with Crippen LogP contribution in [0.25, 0.3) is 0 Å². The Morgan fingerprint density at radius 2 is 2.09 bits per heavy atom. The van der Waals surface area contributed by atoms with Crippen LogP contribution in [0.2, 0.25) is 0 Å². The molecule has 124 valence electrons. The number of hydrogen-bond acceptors (Lipinski definition) is 3. The highest BCUT2D eigenvalue weighted by molar-refractivity contribution is 5.93. The van der Waals surface area contributed by atoms with Gasteiger partial charge in [-0.3, -0.25) is 9.48 Å². The summed E-state index contributed by atoms with van der Waals surface area (Å²) in [4.78, 5) is 12.7. The van der Waals surface area contributed by atoms with E-state index in [0.29, 0.717) is 5.69 Å². The molecule has 22 heavy (non-hydrogen) atoms. The summed E-state index contributed by atoms with van der Waals surface area (Å²) in [6, 6.07) is 2.20. The molecule has 2 atom stereocenters. The van der Waals surface area contributed by atoms with E-state index in [1.165, 1.54) is 0 Å². The predicted octanol–water partition coefficient (Wildman–Crippen LogP) is 2.83. The molecule has 0 saturated heterocycles. The van der Waals surface area contributed by atoms with Gasteiger partial charge in [-0.15, -0.1) is 0 Å². The van der Waals surface area contributed by atoms with Crippen molar-refractivity contribution in [2.75, 3.05) is 6.61 Å². The van der Waals surface area contributed by atoms with E-state index in [4.69, 9.17) is 0 Å². The van der Waals surface area contributed by atoms with Crippen LogP contribution in [-0.4, -0.2) is 33.4 Å². The lowest BCUT2D eigenvalue weighted by atomic mass is 9.85. The van der Waals surface area contributed by atoms with Gasteiger partial charge in [-0.2, -0.15) is 5.10 Å². The minimum Gasteiger partial charge on any atom is -0.396 e. The topological polar surface area (TPSA) is 67.2 Å². The second-order valence-corrected chi connectivity index (χ2v) is 6.39. The first kappa shape index (κ1) is 17.0. The highest BCUT2D eigenvalue weighted by Crippen LogP contribution is 2.25. The largest absolute Gasteiger partial charge is 0.396 e. The van der Waals surface area contributed by atoms with Crippen LogP contribution in [0.15, 0.2) is 6.07 Å². The normalized spacial score (nSPS) is 22.0. The molecule has 0 aliphatic heterocycles. The van der Waals surface area contributed by atoms with Gasteiger partial charge in [0, 0.05) is 18.6 Å². The van der Waals surface area contributed by atoms with E-state index >= 15 is 0 Å². The van der Waals surface area contributed by atoms with Crippen LogP contribution in [-0.2, 0) is 0 Å². The van der Waals surface area contributed by atoms with Crippen molar-refractivity contribution in [2.45, 2.75) is 71.4 Å². The molecule has 5 heteroatoms. The summed E-state index contributed by atoms with van der Waals surface area (Å²) >= 11 is 0. The molecule has 1 aromatic heterocycles. The number of aliphatic hydroxyl groups is 1. The molecule has 5 nitrogen and oxygen atoms in total. The van der Waals surface area contributed by atoms with E-state index in [1.807, 2.05) is 17.7 Å². The van der Waals surface area contributed by atoms with E-state index in [2.05, 4.69) is 24.3 Å². The fourth-order valence-corrected chi connectivity index (χ4v) is 3.46. The van der Waals surface area contributed by atoms with E-state index in [0.717, 1.165) is 44.2 Å². The van der Waals surface area contributed by atoms with Gasteiger partial charge in [-0.05, 0) is 38.7 Å². The van der Waals surface area contributed by atoms with Crippen LogP contribution in [0, 0.1) is 12.8 Å². The highest BCUT2D eigenvalue weighted by atomic mass is 16.3. The molecule has 0 radical (unpaired) electrons. The molecule has 0 bridgehead atoms. The van der Waals surface area contributed by atoms with Crippen molar-refractivity contribution in [3.8, 4) is 0 Å². The monoisotopic (exact) mass is 307 g/mol. The summed E-state index contributed by atoms with van der Waals surface area (Å²) in [5.41, 5.74) is 1.52. The standard InChI is InChI=1S/C17H29N3O2/c1-4-14(5-2)20-16(10-12(3)19-20)17(22)18-15-9-7-6-8-13(15)11-21/h10,13-15,21H,4-9,11H2,1-3H3,(H,18,22). The number of carbonyl (C=O) groups is 1. The molecular weight excluding hydrogens is 278 g/mol. The molecule has 1 aliphatic carbocycles. The quantitative estimate of drug-likeness (QED) is 0.849. The fourth-order valence-electron chi connectivity index (χ4n) is 3.46. The molecule has 2 N–H and O–H groups in total. The van der Waals surface area contributed by atoms with E-state index < -0.39 is 0 Å². The number of amides is 1. The number of hydrogen-bond donors (Lipinski definition) is 2. The van der Waals surface area contributed by atoms with Crippen LogP contribution in [0.5, 0.6) is 0 Å². The predicted molar refractivity (Wildman–Crippen MR) is 86.9 cm³/mol. The number of nitrogens with zero attached hydrogens (tertiary/aromatic N) is 2. The van der Waals surface area contributed by atoms with Gasteiger partial charge in [0.2, 0.25) is 0 Å². The third-order valence-corrected chi connectivity index (χ3v) is 4.84. The SMILES string of the molecule is CCC(CC)n1nc(C)cc1C(=O)NC1CCCCC1CO. The van der Waals surface area contributed by atoms with Gasteiger partial charge in [0.1, 0.15) is 5.69 Å². The smallest absolute Gasteiger partial charge is 0.269 e. The van der Waals surface area contributed by atoms with Crippen molar-refractivity contribution in [1.82, 2.24) is 15.1 Å². The summed E-state index contributed by atoms with van der Waals surface area (Å²) in [5, 5.41) is 17.1. The molecule has 1 aliphatic rings. The van der Waals surface area contributed by atoms with Gasteiger partial charge in [0.25, 0.3) is 5.91 Å². The first-order valence-corrected chi connectivity index (χ1v) is 8.58. The average Bonchev–Trinajstić information content (AvgIpc) is 2.91. The summed E-state index contributed by atoms with van der Waals surface area (Å²) in [6.45, 7) is 6.31. The van der Waals surface area contributed by atoms with Gasteiger partial charge in [0.15, 0.2) is 0 Å². The van der Waals surface area contributed by atoms with Crippen LogP contribution < -0.4 is 5.32 Å². The molecule has 0 aromatic carbocycles. The Kier molecular flexibility index (Phi) is 6.00. The van der Waals surface area contributed by atoms with Crippen molar-refractivity contribution in [2.24, 2.45) is 5.92 Å². The number of aromatic nitrogens is 2. The van der Waals surface area contributed by atoms with Crippen molar-refractivity contribution in [1.29, 1.82) is 0 Å². The first-order chi connectivity index (χ1) is 10.6. The van der Waals surface area contributed by atoms with Crippen LogP contribution in [0.4, 0.5) is 0 Å². The zero-order valence-electron chi connectivity index (χ0n) is 14.0. The number of carbonyl (C=O) groups excluding carboxylic acids is 1. The zero-order valence-corrected chi connectivity index (χ0v) is 14.0. The average molecular weight is 307 g/mol. The van der Waals surface area contributed by atoms with Gasteiger partial charge in [0.05, 0.1) is 11.7 Å². The van der Waals surface area contributed by atoms with Gasteiger partial charge in [-0.1, -0.05) is 26.7 Å². The summed E-state index contributed by atoms with van der Waals surface area (Å²) in [6.07, 6.45) is 6.12. The molecule has 2 rings (SSSR count). The number of aliphatic hydroxyl groups excluding tert-OH is 1. The molecule has 0 spiro atoms. The van der Waals surface area contributed by atoms with Crippen molar-refractivity contribution in [3.63, 3.8) is 0 Å². The van der Waals surface area contributed by atoms with E-state index in [-0.39, 0.29) is 30.5 Å². The molecule has 1 amide bonds. The lowest BCUT2D eigenvalue weighted by Gasteiger charge is -2.31. The molecule has 1 heterocycles. The Balaban J connectivity index is 2.15. The zero-order chi connectivity index (χ0) is 16.1. The fraction of sp³-hybridized carbons (Fsp3) is 0.765. The van der Waals surface area contributed by atoms with Crippen molar-refractivity contribution < 1.29 is 9.90 Å². The lowest BCUT2D eigenvalue weighted by molar-refractivity contribution is 0.0859. The molecule has 1 saturated carbocycles. The summed E-state index contributed by atoms with van der Waals surface area (Å²) in [7, 11) is 0. The third kappa shape index (κ3) is 3.69. The number of nitrogens with one attached hydrogen (secondary N) is 1. The maximum absolute atomic E-state index is 12.7. The molecule has 1 aromatic rings. The van der Waals surface area contributed by atoms with Crippen LogP contribution >= 0.6 is 0 Å². The maximum Gasteiger partial charge on any atom is 0.269 e. The van der Waals surface area contributed by atoms with Crippen LogP contribution in [0.1, 0.15) is 74.6 Å². The molecular formula is C17H29N3O2. The number of aryl methyl sites for hydroxylation is 1. The van der Waals surface area contributed by atoms with E-state index in [1.54, 1.807) is 0 Å². The Labute approximate surface area is 133 Å². The Bertz CT molecular complexity index is 494. The lowest BCUT2D eigenvalue weighted by Crippen LogP contribution is -2.44. The van der Waals surface area contributed by atoms with Crippen molar-refractivity contribution in [3.05, 3.63) is 17.5 Å². The highest BCUT2D eigenvalue weighted by Gasteiger charge is 2.28. The minimum atomic E-state index is -0.0575. The second-order valence-electron chi connectivity index (χ2n) is 6.39. The third-order valence-electron chi connectivity index (χ3n) is 4.84. The Hall–Kier alpha value is -1.36.